The first-order valence-electron chi connectivity index (χ1n) is 6.35. The summed E-state index contributed by atoms with van der Waals surface area (Å²) in [5, 5.41) is 5.50. The fraction of sp³-hybridized carbons (Fsp3) is 0.133. The minimum absolute atomic E-state index is 0.102. The van der Waals surface area contributed by atoms with Crippen molar-refractivity contribution in [3.63, 3.8) is 0 Å². The Morgan fingerprint density at radius 1 is 1.33 bits per heavy atom. The number of hydrogen-bond acceptors (Lipinski definition) is 3. The molecule has 2 rings (SSSR count). The minimum atomic E-state index is -0.394. The van der Waals surface area contributed by atoms with Gasteiger partial charge in [0.05, 0.1) is 11.2 Å². The lowest BCUT2D eigenvalue weighted by molar-refractivity contribution is -0.117. The maximum absolute atomic E-state index is 13.6. The molecule has 21 heavy (non-hydrogen) atoms. The average molecular weight is 287 g/mol. The van der Waals surface area contributed by atoms with E-state index in [1.807, 2.05) is 0 Å². The molecule has 0 bridgehead atoms. The highest BCUT2D eigenvalue weighted by atomic mass is 19.1. The highest BCUT2D eigenvalue weighted by Crippen LogP contribution is 2.23. The molecule has 6 heteroatoms. The Morgan fingerprint density at radius 3 is 2.90 bits per heavy atom. The molecular weight excluding hydrogens is 273 g/mol. The summed E-state index contributed by atoms with van der Waals surface area (Å²) in [7, 11) is 0. The number of pyridine rings is 1. The van der Waals surface area contributed by atoms with Gasteiger partial charge in [-0.3, -0.25) is 14.6 Å². The molecule has 0 atom stereocenters. The number of anilines is 1. The van der Waals surface area contributed by atoms with Crippen LogP contribution in [0.2, 0.25) is 0 Å². The van der Waals surface area contributed by atoms with Crippen molar-refractivity contribution >= 4 is 28.4 Å². The summed E-state index contributed by atoms with van der Waals surface area (Å²) in [6.45, 7) is 3.51. The van der Waals surface area contributed by atoms with E-state index in [0.717, 1.165) is 6.08 Å². The van der Waals surface area contributed by atoms with Gasteiger partial charge < -0.3 is 10.6 Å². The van der Waals surface area contributed by atoms with E-state index in [1.54, 1.807) is 18.2 Å². The van der Waals surface area contributed by atoms with Crippen molar-refractivity contribution in [2.75, 3.05) is 11.9 Å². The molecule has 0 spiro atoms. The molecule has 0 saturated heterocycles. The smallest absolute Gasteiger partial charge is 0.243 e. The van der Waals surface area contributed by atoms with Crippen LogP contribution in [0.1, 0.15) is 6.42 Å². The predicted molar refractivity (Wildman–Crippen MR) is 78.2 cm³/mol. The molecule has 0 aliphatic heterocycles. The lowest BCUT2D eigenvalue weighted by Crippen LogP contribution is -2.26. The normalized spacial score (nSPS) is 10.1. The van der Waals surface area contributed by atoms with Gasteiger partial charge in [-0.25, -0.2) is 4.39 Å². The van der Waals surface area contributed by atoms with Crippen LogP contribution >= 0.6 is 0 Å². The van der Waals surface area contributed by atoms with Gasteiger partial charge in [0.2, 0.25) is 11.8 Å². The van der Waals surface area contributed by atoms with Gasteiger partial charge >= 0.3 is 0 Å². The summed E-state index contributed by atoms with van der Waals surface area (Å²) < 4.78 is 13.6. The molecule has 0 aliphatic rings. The summed E-state index contributed by atoms with van der Waals surface area (Å²) in [5.41, 5.74) is 0.827. The van der Waals surface area contributed by atoms with E-state index in [1.165, 1.54) is 12.3 Å². The molecule has 1 aromatic heterocycles. The highest BCUT2D eigenvalue weighted by molar-refractivity contribution is 6.00. The van der Waals surface area contributed by atoms with Crippen LogP contribution in [0, 0.1) is 5.82 Å². The van der Waals surface area contributed by atoms with E-state index in [0.29, 0.717) is 16.6 Å². The number of rotatable bonds is 5. The van der Waals surface area contributed by atoms with Crippen LogP contribution in [0.15, 0.2) is 43.1 Å². The molecule has 2 amide bonds. The van der Waals surface area contributed by atoms with Crippen LogP contribution in [-0.4, -0.2) is 23.3 Å². The summed E-state index contributed by atoms with van der Waals surface area (Å²) in [5.74, 6) is -1.02. The second-order valence-corrected chi connectivity index (χ2v) is 4.29. The van der Waals surface area contributed by atoms with Crippen LogP contribution < -0.4 is 10.6 Å². The van der Waals surface area contributed by atoms with Crippen molar-refractivity contribution < 1.29 is 14.0 Å². The van der Waals surface area contributed by atoms with E-state index in [9.17, 15) is 14.0 Å². The Morgan fingerprint density at radius 2 is 2.14 bits per heavy atom. The molecule has 1 aromatic carbocycles. The van der Waals surface area contributed by atoms with Crippen LogP contribution in [0.3, 0.4) is 0 Å². The second kappa shape index (κ2) is 6.60. The molecular formula is C15H14FN3O2. The lowest BCUT2D eigenvalue weighted by Gasteiger charge is -2.08. The van der Waals surface area contributed by atoms with Crippen LogP contribution in [0.4, 0.5) is 10.1 Å². The zero-order valence-electron chi connectivity index (χ0n) is 11.2. The first kappa shape index (κ1) is 14.6. The Balaban J connectivity index is 2.06. The Hall–Kier alpha value is -2.76. The second-order valence-electron chi connectivity index (χ2n) is 4.29. The van der Waals surface area contributed by atoms with Gasteiger partial charge in [-0.05, 0) is 24.3 Å². The van der Waals surface area contributed by atoms with Gasteiger partial charge in [-0.2, -0.15) is 0 Å². The standard InChI is InChI=1S/C15H14FN3O2/c1-2-13(20)17-9-7-14(21)19-12-5-3-4-10-11(16)6-8-18-15(10)12/h2-6,8H,1,7,9H2,(H,17,20)(H,19,21). The van der Waals surface area contributed by atoms with Crippen molar-refractivity contribution in [1.82, 2.24) is 10.3 Å². The zero-order chi connectivity index (χ0) is 15.2. The lowest BCUT2D eigenvalue weighted by atomic mass is 10.2. The molecule has 0 aliphatic carbocycles. The van der Waals surface area contributed by atoms with Crippen LogP contribution in [-0.2, 0) is 9.59 Å². The number of amides is 2. The van der Waals surface area contributed by atoms with E-state index >= 15 is 0 Å². The number of carbonyl (C=O) groups excluding carboxylic acids is 2. The van der Waals surface area contributed by atoms with E-state index < -0.39 is 5.82 Å². The molecule has 1 heterocycles. The van der Waals surface area contributed by atoms with Crippen molar-refractivity contribution in [2.45, 2.75) is 6.42 Å². The number of aromatic nitrogens is 1. The number of para-hydroxylation sites is 1. The molecule has 0 saturated carbocycles. The number of nitrogens with zero attached hydrogens (tertiary/aromatic N) is 1. The maximum atomic E-state index is 13.6. The largest absolute Gasteiger partial charge is 0.352 e. The number of hydrogen-bond donors (Lipinski definition) is 2. The van der Waals surface area contributed by atoms with Gasteiger partial charge in [0.15, 0.2) is 0 Å². The summed E-state index contributed by atoms with van der Waals surface area (Å²) in [6.07, 6.45) is 2.58. The van der Waals surface area contributed by atoms with Crippen molar-refractivity contribution in [3.8, 4) is 0 Å². The zero-order valence-corrected chi connectivity index (χ0v) is 11.2. The quantitative estimate of drug-likeness (QED) is 0.826. The minimum Gasteiger partial charge on any atom is -0.352 e. The Labute approximate surface area is 120 Å². The molecule has 0 unspecified atom stereocenters. The molecule has 2 N–H and O–H groups in total. The van der Waals surface area contributed by atoms with Crippen molar-refractivity contribution in [3.05, 3.63) is 48.9 Å². The third kappa shape index (κ3) is 3.62. The monoisotopic (exact) mass is 287 g/mol. The summed E-state index contributed by atoms with van der Waals surface area (Å²) in [6, 6.07) is 6.15. The van der Waals surface area contributed by atoms with E-state index in [-0.39, 0.29) is 24.8 Å². The summed E-state index contributed by atoms with van der Waals surface area (Å²) in [4.78, 5) is 26.8. The van der Waals surface area contributed by atoms with E-state index in [4.69, 9.17) is 0 Å². The topological polar surface area (TPSA) is 71.1 Å². The van der Waals surface area contributed by atoms with Gasteiger partial charge in [0.1, 0.15) is 5.82 Å². The molecule has 0 fully saturated rings. The van der Waals surface area contributed by atoms with Gasteiger partial charge in [0, 0.05) is 24.5 Å². The summed E-state index contributed by atoms with van der Waals surface area (Å²) >= 11 is 0. The van der Waals surface area contributed by atoms with Crippen LogP contribution in [0.25, 0.3) is 10.9 Å². The third-order valence-corrected chi connectivity index (χ3v) is 2.83. The van der Waals surface area contributed by atoms with Crippen molar-refractivity contribution in [2.24, 2.45) is 0 Å². The number of benzene rings is 1. The van der Waals surface area contributed by atoms with E-state index in [2.05, 4.69) is 22.2 Å². The highest BCUT2D eigenvalue weighted by Gasteiger charge is 2.09. The maximum Gasteiger partial charge on any atom is 0.243 e. The number of fused-ring (bicyclic) bond motifs is 1. The number of nitrogens with one attached hydrogen (secondary N) is 2. The molecule has 108 valence electrons. The van der Waals surface area contributed by atoms with Gasteiger partial charge in [-0.15, -0.1) is 0 Å². The molecule has 2 aromatic rings. The molecule has 0 radical (unpaired) electrons. The Kier molecular flexibility index (Phi) is 4.61. The fourth-order valence-corrected chi connectivity index (χ4v) is 1.83. The first-order valence-corrected chi connectivity index (χ1v) is 6.35. The molecule has 5 nitrogen and oxygen atoms in total. The van der Waals surface area contributed by atoms with Crippen LogP contribution in [0.5, 0.6) is 0 Å². The SMILES string of the molecule is C=CC(=O)NCCC(=O)Nc1cccc2c(F)ccnc12. The predicted octanol–water partition coefficient (Wildman–Crippen LogP) is 2.00. The van der Waals surface area contributed by atoms with Gasteiger partial charge in [-0.1, -0.05) is 12.6 Å². The first-order chi connectivity index (χ1) is 10.1. The third-order valence-electron chi connectivity index (χ3n) is 2.83. The Bertz CT molecular complexity index is 700. The average Bonchev–Trinajstić information content (AvgIpc) is 2.48. The number of halogens is 1. The van der Waals surface area contributed by atoms with Crippen molar-refractivity contribution in [1.29, 1.82) is 0 Å². The van der Waals surface area contributed by atoms with Gasteiger partial charge in [0.25, 0.3) is 0 Å². The fourth-order valence-electron chi connectivity index (χ4n) is 1.83. The number of carbonyl (C=O) groups is 2.